The number of aromatic amines is 1. The lowest BCUT2D eigenvalue weighted by atomic mass is 10.0. The predicted octanol–water partition coefficient (Wildman–Crippen LogP) is 4.10. The Bertz CT molecular complexity index is 1220. The molecule has 4 aromatic rings. The number of rotatable bonds is 4. The van der Waals surface area contributed by atoms with Gasteiger partial charge in [0.05, 0.1) is 11.4 Å². The Kier molecular flexibility index (Phi) is 5.43. The molecule has 3 N–H and O–H groups in total. The van der Waals surface area contributed by atoms with E-state index in [1.807, 2.05) is 60.8 Å². The second kappa shape index (κ2) is 8.68. The molecule has 1 atom stereocenters. The van der Waals surface area contributed by atoms with Gasteiger partial charge in [0.2, 0.25) is 0 Å². The van der Waals surface area contributed by atoms with E-state index in [0.29, 0.717) is 0 Å². The number of carbonyl (C=O) groups is 1. The minimum Gasteiger partial charge on any atom is -0.353 e. The molecular weight excluding hydrogens is 402 g/mol. The second-order valence-corrected chi connectivity index (χ2v) is 7.95. The van der Waals surface area contributed by atoms with E-state index in [1.165, 1.54) is 0 Å². The molecular formula is C24H25N7O. The molecule has 162 valence electrons. The summed E-state index contributed by atoms with van der Waals surface area (Å²) >= 11 is 0. The van der Waals surface area contributed by atoms with Crippen LogP contribution in [0.3, 0.4) is 0 Å². The topological polar surface area (TPSA) is 89.2 Å². The van der Waals surface area contributed by atoms with Crippen LogP contribution >= 0.6 is 0 Å². The minimum atomic E-state index is -0.261. The Morgan fingerprint density at radius 2 is 1.81 bits per heavy atom. The third-order valence-corrected chi connectivity index (χ3v) is 5.84. The number of benzene rings is 2. The standard InChI is InChI=1S/C24H25N7O/c1-30-12-13-31(23-20-10-11-25-22(20)26-16-27-23)15-21(30)17-6-5-9-19(14-17)29-24(32)28-18-7-3-2-4-8-18/h2-11,14,16,21H,12-13,15H2,1H3,(H,25,26,27)(H2,28,29,32). The van der Waals surface area contributed by atoms with Gasteiger partial charge in [-0.25, -0.2) is 14.8 Å². The van der Waals surface area contributed by atoms with E-state index in [0.717, 1.165) is 53.4 Å². The van der Waals surface area contributed by atoms with Crippen LogP contribution in [-0.4, -0.2) is 52.6 Å². The summed E-state index contributed by atoms with van der Waals surface area (Å²) in [6, 6.07) is 19.4. The highest BCUT2D eigenvalue weighted by Crippen LogP contribution is 2.30. The van der Waals surface area contributed by atoms with E-state index in [1.54, 1.807) is 6.33 Å². The van der Waals surface area contributed by atoms with E-state index in [2.05, 4.69) is 48.5 Å². The number of nitrogens with zero attached hydrogens (tertiary/aromatic N) is 4. The summed E-state index contributed by atoms with van der Waals surface area (Å²) in [5, 5.41) is 6.83. The Morgan fingerprint density at radius 3 is 2.69 bits per heavy atom. The zero-order valence-electron chi connectivity index (χ0n) is 17.8. The van der Waals surface area contributed by atoms with Gasteiger partial charge in [0.15, 0.2) is 0 Å². The summed E-state index contributed by atoms with van der Waals surface area (Å²) in [5.41, 5.74) is 3.51. The maximum absolute atomic E-state index is 12.4. The molecule has 0 spiro atoms. The van der Waals surface area contributed by atoms with Gasteiger partial charge in [-0.3, -0.25) is 4.90 Å². The summed E-state index contributed by atoms with van der Waals surface area (Å²) in [6.07, 6.45) is 3.50. The van der Waals surface area contributed by atoms with E-state index in [-0.39, 0.29) is 12.1 Å². The first-order valence-corrected chi connectivity index (χ1v) is 10.6. The van der Waals surface area contributed by atoms with Gasteiger partial charge in [-0.1, -0.05) is 30.3 Å². The highest BCUT2D eigenvalue weighted by molar-refractivity contribution is 5.99. The summed E-state index contributed by atoms with van der Waals surface area (Å²) in [5.74, 6) is 0.950. The third-order valence-electron chi connectivity index (χ3n) is 5.84. The summed E-state index contributed by atoms with van der Waals surface area (Å²) < 4.78 is 0. The van der Waals surface area contributed by atoms with Crippen LogP contribution in [0.25, 0.3) is 11.0 Å². The van der Waals surface area contributed by atoms with Crippen LogP contribution in [0.5, 0.6) is 0 Å². The number of hydrogen-bond acceptors (Lipinski definition) is 5. The first-order valence-electron chi connectivity index (χ1n) is 10.6. The molecule has 8 nitrogen and oxygen atoms in total. The summed E-state index contributed by atoms with van der Waals surface area (Å²) in [4.78, 5) is 29.1. The molecule has 1 fully saturated rings. The van der Waals surface area contributed by atoms with Crippen LogP contribution in [-0.2, 0) is 0 Å². The molecule has 8 heteroatoms. The number of nitrogens with one attached hydrogen (secondary N) is 3. The van der Waals surface area contributed by atoms with E-state index in [4.69, 9.17) is 0 Å². The monoisotopic (exact) mass is 427 g/mol. The number of piperazine rings is 1. The molecule has 2 aromatic carbocycles. The van der Waals surface area contributed by atoms with Crippen molar-refractivity contribution < 1.29 is 4.79 Å². The quantitative estimate of drug-likeness (QED) is 0.456. The number of para-hydroxylation sites is 1. The van der Waals surface area contributed by atoms with Crippen molar-refractivity contribution in [2.24, 2.45) is 0 Å². The van der Waals surface area contributed by atoms with Crippen LogP contribution in [0, 0.1) is 0 Å². The maximum atomic E-state index is 12.4. The Labute approximate surface area is 186 Å². The fourth-order valence-corrected chi connectivity index (χ4v) is 4.18. The molecule has 3 heterocycles. The molecule has 1 unspecified atom stereocenters. The summed E-state index contributed by atoms with van der Waals surface area (Å²) in [7, 11) is 2.14. The van der Waals surface area contributed by atoms with Gasteiger partial charge in [0.1, 0.15) is 17.8 Å². The number of H-pyrrole nitrogens is 1. The number of urea groups is 1. The molecule has 0 radical (unpaired) electrons. The number of fused-ring (bicyclic) bond motifs is 1. The highest BCUT2D eigenvalue weighted by atomic mass is 16.2. The van der Waals surface area contributed by atoms with Crippen LogP contribution in [0.15, 0.2) is 73.2 Å². The first kappa shape index (κ1) is 20.0. The van der Waals surface area contributed by atoms with Crippen molar-refractivity contribution in [1.82, 2.24) is 19.9 Å². The Hall–Kier alpha value is -3.91. The van der Waals surface area contributed by atoms with Crippen molar-refractivity contribution in [3.63, 3.8) is 0 Å². The molecule has 0 saturated carbocycles. The molecule has 0 bridgehead atoms. The van der Waals surface area contributed by atoms with E-state index < -0.39 is 0 Å². The molecule has 5 rings (SSSR count). The van der Waals surface area contributed by atoms with Crippen molar-refractivity contribution in [1.29, 1.82) is 0 Å². The molecule has 1 aliphatic rings. The number of anilines is 3. The zero-order valence-corrected chi connectivity index (χ0v) is 17.8. The molecule has 0 aliphatic carbocycles. The van der Waals surface area contributed by atoms with Crippen molar-refractivity contribution in [2.75, 3.05) is 42.2 Å². The summed E-state index contributed by atoms with van der Waals surface area (Å²) in [6.45, 7) is 2.60. The van der Waals surface area contributed by atoms with Crippen molar-refractivity contribution in [3.05, 3.63) is 78.8 Å². The van der Waals surface area contributed by atoms with Gasteiger partial charge in [0, 0.05) is 37.2 Å². The van der Waals surface area contributed by atoms with Crippen molar-refractivity contribution >= 4 is 34.3 Å². The Balaban J connectivity index is 1.33. The van der Waals surface area contributed by atoms with Crippen molar-refractivity contribution in [3.8, 4) is 0 Å². The first-order chi connectivity index (χ1) is 15.7. The fourth-order valence-electron chi connectivity index (χ4n) is 4.18. The maximum Gasteiger partial charge on any atom is 0.323 e. The lowest BCUT2D eigenvalue weighted by Gasteiger charge is -2.40. The lowest BCUT2D eigenvalue weighted by molar-refractivity contribution is 0.221. The molecule has 1 aliphatic heterocycles. The van der Waals surface area contributed by atoms with Gasteiger partial charge < -0.3 is 20.5 Å². The smallest absolute Gasteiger partial charge is 0.323 e. The van der Waals surface area contributed by atoms with Gasteiger partial charge in [-0.2, -0.15) is 0 Å². The van der Waals surface area contributed by atoms with E-state index >= 15 is 0 Å². The van der Waals surface area contributed by atoms with Crippen LogP contribution in [0.2, 0.25) is 0 Å². The predicted molar refractivity (Wildman–Crippen MR) is 127 cm³/mol. The molecule has 2 amide bonds. The number of likely N-dealkylation sites (N-methyl/N-ethyl adjacent to an activating group) is 1. The average molecular weight is 428 g/mol. The Morgan fingerprint density at radius 1 is 1.00 bits per heavy atom. The average Bonchev–Trinajstić information content (AvgIpc) is 3.29. The SMILES string of the molecule is CN1CCN(c2ncnc3[nH]ccc23)CC1c1cccc(NC(=O)Nc2ccccc2)c1. The molecule has 2 aromatic heterocycles. The number of amides is 2. The fraction of sp³-hybridized carbons (Fsp3) is 0.208. The van der Waals surface area contributed by atoms with Crippen LogP contribution < -0.4 is 15.5 Å². The molecule has 1 saturated heterocycles. The van der Waals surface area contributed by atoms with Crippen LogP contribution in [0.1, 0.15) is 11.6 Å². The third kappa shape index (κ3) is 4.13. The number of aromatic nitrogens is 3. The van der Waals surface area contributed by atoms with Gasteiger partial charge >= 0.3 is 6.03 Å². The number of hydrogen-bond donors (Lipinski definition) is 3. The van der Waals surface area contributed by atoms with Crippen molar-refractivity contribution in [2.45, 2.75) is 6.04 Å². The lowest BCUT2D eigenvalue weighted by Crippen LogP contribution is -2.47. The normalized spacial score (nSPS) is 16.8. The molecule has 32 heavy (non-hydrogen) atoms. The minimum absolute atomic E-state index is 0.173. The second-order valence-electron chi connectivity index (χ2n) is 7.95. The largest absolute Gasteiger partial charge is 0.353 e. The van der Waals surface area contributed by atoms with E-state index in [9.17, 15) is 4.79 Å². The van der Waals surface area contributed by atoms with Gasteiger partial charge in [0.25, 0.3) is 0 Å². The van der Waals surface area contributed by atoms with Crippen LogP contribution in [0.4, 0.5) is 22.0 Å². The zero-order chi connectivity index (χ0) is 21.9. The number of carbonyl (C=O) groups excluding carboxylic acids is 1. The van der Waals surface area contributed by atoms with Gasteiger partial charge in [-0.05, 0) is 42.9 Å². The van der Waals surface area contributed by atoms with Gasteiger partial charge in [-0.15, -0.1) is 0 Å². The highest BCUT2D eigenvalue weighted by Gasteiger charge is 2.27.